The fourth-order valence-corrected chi connectivity index (χ4v) is 14.7. The van der Waals surface area contributed by atoms with Crippen molar-refractivity contribution in [2.75, 3.05) is 112 Å². The average Bonchev–Trinajstić information content (AvgIpc) is 3.08. The highest BCUT2D eigenvalue weighted by Gasteiger charge is 2.28. The number of piperazine rings is 2. The second-order valence-electron chi connectivity index (χ2n) is 24.7. The van der Waals surface area contributed by atoms with Gasteiger partial charge >= 0.3 is 11.9 Å². The number of carbonyl (C=O) groups is 4. The lowest BCUT2D eigenvalue weighted by Crippen LogP contribution is -2.46. The smallest absolute Gasteiger partial charge is 0.307 e. The second-order valence-corrected chi connectivity index (χ2v) is 26.6. The number of nitrogens with zero attached hydrogens (tertiary/aromatic N) is 6. The normalized spacial score (nSPS) is 15.7. The third kappa shape index (κ3) is 19.2. The first-order valence-corrected chi connectivity index (χ1v) is 35.4. The Labute approximate surface area is 531 Å². The topological polar surface area (TPSA) is 125 Å². The van der Waals surface area contributed by atoms with Crippen LogP contribution in [0.25, 0.3) is 20.2 Å². The Hall–Kier alpha value is -6.20. The lowest BCUT2D eigenvalue weighted by Gasteiger charge is -2.36. The highest BCUT2D eigenvalue weighted by molar-refractivity contribution is 7.17. The van der Waals surface area contributed by atoms with Crippen molar-refractivity contribution in [1.29, 1.82) is 0 Å². The van der Waals surface area contributed by atoms with Crippen molar-refractivity contribution in [3.8, 4) is 11.5 Å². The van der Waals surface area contributed by atoms with Crippen molar-refractivity contribution in [3.63, 3.8) is 0 Å². The minimum absolute atomic E-state index is 0.0230. The number of amides is 2. The van der Waals surface area contributed by atoms with E-state index in [2.05, 4.69) is 78.9 Å². The number of ether oxygens (including phenoxy) is 4. The van der Waals surface area contributed by atoms with Gasteiger partial charge in [0.15, 0.2) is 13.5 Å². The van der Waals surface area contributed by atoms with Crippen molar-refractivity contribution in [2.24, 2.45) is 0 Å². The van der Waals surface area contributed by atoms with Crippen LogP contribution >= 0.6 is 22.7 Å². The van der Waals surface area contributed by atoms with Crippen molar-refractivity contribution in [3.05, 3.63) is 107 Å². The van der Waals surface area contributed by atoms with Gasteiger partial charge in [0.2, 0.25) is 11.8 Å². The number of unbranched alkanes of at least 4 members (excludes halogenated alkanes) is 17. The highest BCUT2D eigenvalue weighted by atomic mass is 32.1. The standard InChI is InChI=1S/C72H96N6O8S2/c79-69-35-31-57-29-33-59(83-49-19-17-39-73-41-45-75(46-42-73)63-23-21-25-67-61(63)37-51-87-67)53-65(57)77(69)55-85-71(81)27-15-13-11-9-7-5-3-1-2-4-6-8-10-12-14-16-28-72(82)86-56-78-66-54-60(34-30-58(66)32-36-70(78)80)84-50-20-18-40-74-43-47-76(48-44-74)64-24-22-26-68-62(64)38-52-88-68/h21-26,29-30,33-34,37-38,51-54H,1-20,27-28,31-32,35-36,39-50,55-56H2. The largest absolute Gasteiger partial charge is 0.494 e. The van der Waals surface area contributed by atoms with Gasteiger partial charge < -0.3 is 28.7 Å². The van der Waals surface area contributed by atoms with Crippen LogP contribution in [0.5, 0.6) is 11.5 Å². The van der Waals surface area contributed by atoms with E-state index >= 15 is 0 Å². The fraction of sp³-hybridized carbons (Fsp3) is 0.556. The summed E-state index contributed by atoms with van der Waals surface area (Å²) >= 11 is 3.62. The number of thiophene rings is 2. The Balaban J connectivity index is 0.487. The van der Waals surface area contributed by atoms with E-state index < -0.39 is 0 Å². The number of esters is 2. The lowest BCUT2D eigenvalue weighted by molar-refractivity contribution is -0.145. The van der Waals surface area contributed by atoms with E-state index in [1.807, 2.05) is 59.1 Å². The van der Waals surface area contributed by atoms with Crippen LogP contribution in [0, 0.1) is 0 Å². The molecular formula is C72H96N6O8S2. The summed E-state index contributed by atoms with van der Waals surface area (Å²) in [5.41, 5.74) is 6.45. The van der Waals surface area contributed by atoms with E-state index in [4.69, 9.17) is 18.9 Å². The molecule has 0 spiro atoms. The molecule has 0 bridgehead atoms. The number of carbonyl (C=O) groups excluding carboxylic acids is 4. The quantitative estimate of drug-likeness (QED) is 0.0272. The van der Waals surface area contributed by atoms with E-state index in [1.165, 1.54) is 95.8 Å². The first kappa shape index (κ1) is 64.8. The van der Waals surface area contributed by atoms with Crippen LogP contribution in [0.4, 0.5) is 22.7 Å². The molecule has 2 aromatic heterocycles. The Morgan fingerprint density at radius 1 is 0.398 bits per heavy atom. The Bertz CT molecular complexity index is 2940. The van der Waals surface area contributed by atoms with Crippen LogP contribution in [0.15, 0.2) is 95.7 Å². The first-order chi connectivity index (χ1) is 43.3. The molecule has 0 radical (unpaired) electrons. The summed E-state index contributed by atoms with van der Waals surface area (Å²) in [6.45, 7) is 11.7. The maximum Gasteiger partial charge on any atom is 0.307 e. The first-order valence-electron chi connectivity index (χ1n) is 33.6. The minimum atomic E-state index is -0.246. The van der Waals surface area contributed by atoms with Crippen LogP contribution in [0.1, 0.15) is 165 Å². The molecule has 0 saturated carbocycles. The molecule has 6 heterocycles. The second kappa shape index (κ2) is 34.7. The molecule has 474 valence electrons. The molecule has 0 atom stereocenters. The van der Waals surface area contributed by atoms with Crippen LogP contribution in [0.2, 0.25) is 0 Å². The van der Waals surface area contributed by atoms with Crippen molar-refractivity contribution in [1.82, 2.24) is 9.80 Å². The maximum absolute atomic E-state index is 13.0. The summed E-state index contributed by atoms with van der Waals surface area (Å²) in [5.74, 6) is 0.953. The summed E-state index contributed by atoms with van der Waals surface area (Å²) in [4.78, 5) is 65.0. The fourth-order valence-electron chi connectivity index (χ4n) is 13.1. The zero-order valence-corrected chi connectivity index (χ0v) is 53.9. The van der Waals surface area contributed by atoms with Gasteiger partial charge in [-0.05, 0) is 135 Å². The zero-order valence-electron chi connectivity index (χ0n) is 52.3. The predicted molar refractivity (Wildman–Crippen MR) is 360 cm³/mol. The van der Waals surface area contributed by atoms with Gasteiger partial charge in [-0.25, -0.2) is 0 Å². The third-order valence-corrected chi connectivity index (χ3v) is 20.1. The summed E-state index contributed by atoms with van der Waals surface area (Å²) in [6.07, 6.45) is 25.4. The molecule has 4 aliphatic heterocycles. The number of hydrogen-bond donors (Lipinski definition) is 0. The van der Waals surface area contributed by atoms with Gasteiger partial charge in [0.1, 0.15) is 11.5 Å². The van der Waals surface area contributed by atoms with Gasteiger partial charge in [0, 0.05) is 122 Å². The van der Waals surface area contributed by atoms with Crippen LogP contribution in [0.3, 0.4) is 0 Å². The molecule has 88 heavy (non-hydrogen) atoms. The van der Waals surface area contributed by atoms with E-state index in [1.54, 1.807) is 9.80 Å². The predicted octanol–water partition coefficient (Wildman–Crippen LogP) is 15.4. The van der Waals surface area contributed by atoms with E-state index in [9.17, 15) is 19.2 Å². The molecule has 0 aliphatic carbocycles. The van der Waals surface area contributed by atoms with Crippen molar-refractivity contribution >= 4 is 89.3 Å². The van der Waals surface area contributed by atoms with Gasteiger partial charge in [-0.3, -0.25) is 38.8 Å². The minimum Gasteiger partial charge on any atom is -0.494 e. The summed E-state index contributed by atoms with van der Waals surface area (Å²) < 4.78 is 26.4. The van der Waals surface area contributed by atoms with Crippen LogP contribution < -0.4 is 29.1 Å². The summed E-state index contributed by atoms with van der Waals surface area (Å²) in [6, 6.07) is 29.7. The molecule has 4 aromatic carbocycles. The van der Waals surface area contributed by atoms with Crippen LogP contribution in [-0.4, -0.2) is 126 Å². The molecule has 6 aromatic rings. The molecule has 16 heteroatoms. The SMILES string of the molecule is O=C(CCCCCCCCCCCCCCCCCCC(=O)OCN1C(=O)CCc2ccc(OCCCCN3CCN(c4cccc5sccc45)CC3)cc21)OCN1C(=O)CCc2ccc(OCCCCN3CCN(c4cccc5sccc45)CC3)cc21. The molecule has 4 aliphatic rings. The molecule has 10 rings (SSSR count). The number of fused-ring (bicyclic) bond motifs is 4. The average molecular weight is 1240 g/mol. The van der Waals surface area contributed by atoms with E-state index in [0.717, 1.165) is 164 Å². The van der Waals surface area contributed by atoms with Gasteiger partial charge in [0.25, 0.3) is 0 Å². The van der Waals surface area contributed by atoms with Crippen molar-refractivity contribution < 1.29 is 38.1 Å². The zero-order chi connectivity index (χ0) is 60.5. The van der Waals surface area contributed by atoms with Crippen molar-refractivity contribution in [2.45, 2.75) is 167 Å². The summed E-state index contributed by atoms with van der Waals surface area (Å²) in [5, 5.41) is 7.10. The Kier molecular flexibility index (Phi) is 25.5. The maximum atomic E-state index is 13.0. The number of aryl methyl sites for hydroxylation is 2. The molecule has 0 unspecified atom stereocenters. The van der Waals surface area contributed by atoms with E-state index in [-0.39, 0.29) is 37.2 Å². The highest BCUT2D eigenvalue weighted by Crippen LogP contribution is 2.36. The number of anilines is 4. The number of hydrogen-bond acceptors (Lipinski definition) is 14. The Morgan fingerprint density at radius 3 is 1.18 bits per heavy atom. The van der Waals surface area contributed by atoms with Gasteiger partial charge in [-0.2, -0.15) is 0 Å². The Morgan fingerprint density at radius 2 is 0.784 bits per heavy atom. The molecule has 2 fully saturated rings. The molecule has 14 nitrogen and oxygen atoms in total. The molecule has 2 amide bonds. The lowest BCUT2D eigenvalue weighted by atomic mass is 10.0. The number of benzene rings is 4. The monoisotopic (exact) mass is 1240 g/mol. The molecule has 2 saturated heterocycles. The number of rotatable bonds is 37. The van der Waals surface area contributed by atoms with Gasteiger partial charge in [0.05, 0.1) is 24.6 Å². The van der Waals surface area contributed by atoms with Gasteiger partial charge in [-0.1, -0.05) is 114 Å². The summed E-state index contributed by atoms with van der Waals surface area (Å²) in [7, 11) is 0. The molecular weight excluding hydrogens is 1140 g/mol. The molecule has 0 N–H and O–H groups in total. The van der Waals surface area contributed by atoms with Gasteiger partial charge in [-0.15, -0.1) is 22.7 Å². The third-order valence-electron chi connectivity index (χ3n) is 18.4. The van der Waals surface area contributed by atoms with Crippen LogP contribution in [-0.2, 0) is 41.5 Å². The van der Waals surface area contributed by atoms with E-state index in [0.29, 0.717) is 51.7 Å².